The summed E-state index contributed by atoms with van der Waals surface area (Å²) in [5, 5.41) is 15.1. The minimum Gasteiger partial charge on any atom is -0.353 e. The second-order valence-electron chi connectivity index (χ2n) is 5.72. The van der Waals surface area contributed by atoms with Gasteiger partial charge in [-0.3, -0.25) is 4.79 Å². The minimum absolute atomic E-state index is 0. The molecule has 0 aliphatic heterocycles. The SMILES string of the molecule is CC(C(=O)NCC(N)C1CC1)n1nnc(-c2ccccc2)n1.Cl. The molecule has 1 fully saturated rings. The normalized spacial score (nSPS) is 16.3. The largest absolute Gasteiger partial charge is 0.353 e. The minimum atomic E-state index is -0.517. The van der Waals surface area contributed by atoms with Crippen molar-refractivity contribution in [2.24, 2.45) is 11.7 Å². The van der Waals surface area contributed by atoms with Crippen molar-refractivity contribution in [2.45, 2.75) is 31.8 Å². The van der Waals surface area contributed by atoms with Gasteiger partial charge in [-0.25, -0.2) is 0 Å². The van der Waals surface area contributed by atoms with Gasteiger partial charge in [0, 0.05) is 18.2 Å². The molecule has 1 heterocycles. The number of nitrogens with one attached hydrogen (secondary N) is 1. The summed E-state index contributed by atoms with van der Waals surface area (Å²) < 4.78 is 0. The van der Waals surface area contributed by atoms with Gasteiger partial charge in [-0.2, -0.15) is 4.80 Å². The lowest BCUT2D eigenvalue weighted by molar-refractivity contribution is -0.124. The number of benzene rings is 1. The Kier molecular flexibility index (Phi) is 5.68. The number of nitrogens with two attached hydrogens (primary N) is 1. The molecule has 1 aliphatic rings. The molecule has 0 saturated heterocycles. The van der Waals surface area contributed by atoms with Crippen molar-refractivity contribution in [3.8, 4) is 11.4 Å². The maximum Gasteiger partial charge on any atom is 0.246 e. The maximum atomic E-state index is 12.1. The molecule has 1 aromatic carbocycles. The number of nitrogens with zero attached hydrogens (tertiary/aromatic N) is 4. The number of halogens is 1. The number of rotatable bonds is 6. The molecule has 1 amide bonds. The van der Waals surface area contributed by atoms with Crippen LogP contribution in [-0.2, 0) is 4.79 Å². The Morgan fingerprint density at radius 2 is 2.09 bits per heavy atom. The molecule has 1 saturated carbocycles. The van der Waals surface area contributed by atoms with Crippen LogP contribution in [0.3, 0.4) is 0 Å². The van der Waals surface area contributed by atoms with Gasteiger partial charge < -0.3 is 11.1 Å². The molecule has 3 N–H and O–H groups in total. The van der Waals surface area contributed by atoms with Crippen LogP contribution in [0.5, 0.6) is 0 Å². The van der Waals surface area contributed by atoms with Crippen molar-refractivity contribution in [3.63, 3.8) is 0 Å². The zero-order chi connectivity index (χ0) is 15.5. The van der Waals surface area contributed by atoms with Gasteiger partial charge in [0.05, 0.1) is 0 Å². The van der Waals surface area contributed by atoms with Crippen LogP contribution in [0.25, 0.3) is 11.4 Å². The topological polar surface area (TPSA) is 98.7 Å². The van der Waals surface area contributed by atoms with Gasteiger partial charge in [-0.05, 0) is 30.9 Å². The van der Waals surface area contributed by atoms with Gasteiger partial charge >= 0.3 is 0 Å². The predicted octanol–water partition coefficient (Wildman–Crippen LogP) is 1.18. The van der Waals surface area contributed by atoms with Gasteiger partial charge in [-0.15, -0.1) is 22.6 Å². The molecular formula is C15H21ClN6O. The monoisotopic (exact) mass is 336 g/mol. The molecule has 7 nitrogen and oxygen atoms in total. The molecule has 2 unspecified atom stereocenters. The van der Waals surface area contributed by atoms with E-state index in [1.807, 2.05) is 30.3 Å². The molecule has 23 heavy (non-hydrogen) atoms. The highest BCUT2D eigenvalue weighted by Crippen LogP contribution is 2.31. The van der Waals surface area contributed by atoms with Crippen LogP contribution >= 0.6 is 12.4 Å². The molecule has 3 rings (SSSR count). The smallest absolute Gasteiger partial charge is 0.246 e. The number of carbonyl (C=O) groups is 1. The van der Waals surface area contributed by atoms with E-state index < -0.39 is 6.04 Å². The van der Waals surface area contributed by atoms with E-state index in [1.165, 1.54) is 4.80 Å². The fourth-order valence-electron chi connectivity index (χ4n) is 2.25. The molecule has 0 bridgehead atoms. The van der Waals surface area contributed by atoms with Crippen molar-refractivity contribution in [1.82, 2.24) is 25.5 Å². The number of amides is 1. The van der Waals surface area contributed by atoms with Gasteiger partial charge in [0.15, 0.2) is 0 Å². The van der Waals surface area contributed by atoms with Crippen molar-refractivity contribution in [1.29, 1.82) is 0 Å². The van der Waals surface area contributed by atoms with Crippen LogP contribution < -0.4 is 11.1 Å². The van der Waals surface area contributed by atoms with Crippen LogP contribution in [-0.4, -0.2) is 38.7 Å². The molecular weight excluding hydrogens is 316 g/mol. The third-order valence-electron chi connectivity index (χ3n) is 3.93. The first-order valence-electron chi connectivity index (χ1n) is 7.53. The second kappa shape index (κ2) is 7.52. The Morgan fingerprint density at radius 3 is 2.74 bits per heavy atom. The number of tetrazole rings is 1. The van der Waals surface area contributed by atoms with E-state index in [2.05, 4.69) is 20.7 Å². The Bertz CT molecular complexity index is 642. The molecule has 1 aliphatic carbocycles. The highest BCUT2D eigenvalue weighted by molar-refractivity contribution is 5.85. The third-order valence-corrected chi connectivity index (χ3v) is 3.93. The maximum absolute atomic E-state index is 12.1. The van der Waals surface area contributed by atoms with Crippen molar-refractivity contribution < 1.29 is 4.79 Å². The number of hydrogen-bond acceptors (Lipinski definition) is 5. The summed E-state index contributed by atoms with van der Waals surface area (Å²) in [6.45, 7) is 2.24. The van der Waals surface area contributed by atoms with Crippen LogP contribution in [0.4, 0.5) is 0 Å². The van der Waals surface area contributed by atoms with E-state index in [9.17, 15) is 4.79 Å². The number of carbonyl (C=O) groups excluding carboxylic acids is 1. The van der Waals surface area contributed by atoms with Gasteiger partial charge in [-0.1, -0.05) is 30.3 Å². The molecule has 8 heteroatoms. The summed E-state index contributed by atoms with van der Waals surface area (Å²) in [5.41, 5.74) is 6.85. The number of aromatic nitrogens is 4. The van der Waals surface area contributed by atoms with Crippen LogP contribution in [0.2, 0.25) is 0 Å². The molecule has 1 aromatic heterocycles. The first kappa shape index (κ1) is 17.4. The number of hydrogen-bond donors (Lipinski definition) is 2. The van der Waals surface area contributed by atoms with Gasteiger partial charge in [0.2, 0.25) is 11.7 Å². The first-order chi connectivity index (χ1) is 10.6. The van der Waals surface area contributed by atoms with E-state index in [1.54, 1.807) is 6.92 Å². The van der Waals surface area contributed by atoms with E-state index in [-0.39, 0.29) is 24.4 Å². The van der Waals surface area contributed by atoms with Crippen molar-refractivity contribution in [2.75, 3.05) is 6.54 Å². The zero-order valence-electron chi connectivity index (χ0n) is 12.9. The van der Waals surface area contributed by atoms with Crippen LogP contribution in [0.15, 0.2) is 30.3 Å². The van der Waals surface area contributed by atoms with Crippen LogP contribution in [0.1, 0.15) is 25.8 Å². The van der Waals surface area contributed by atoms with Crippen LogP contribution in [0, 0.1) is 5.92 Å². The highest BCUT2D eigenvalue weighted by atomic mass is 35.5. The standard InChI is InChI=1S/C15H20N6O.ClH/c1-10(15(22)17-9-13(16)11-7-8-11)21-19-14(18-20-21)12-5-3-2-4-6-12;/h2-6,10-11,13H,7-9,16H2,1H3,(H,17,22);1H. The van der Waals surface area contributed by atoms with E-state index in [0.717, 1.165) is 18.4 Å². The fraction of sp³-hybridized carbons (Fsp3) is 0.467. The zero-order valence-corrected chi connectivity index (χ0v) is 13.7. The summed E-state index contributed by atoms with van der Waals surface area (Å²) in [5.74, 6) is 0.924. The summed E-state index contributed by atoms with van der Waals surface area (Å²) >= 11 is 0. The molecule has 2 aromatic rings. The average Bonchev–Trinajstić information content (AvgIpc) is 3.29. The molecule has 124 valence electrons. The molecule has 0 radical (unpaired) electrons. The summed E-state index contributed by atoms with van der Waals surface area (Å²) in [4.78, 5) is 13.5. The summed E-state index contributed by atoms with van der Waals surface area (Å²) in [6, 6.07) is 9.07. The first-order valence-corrected chi connectivity index (χ1v) is 7.53. The van der Waals surface area contributed by atoms with Crippen molar-refractivity contribution >= 4 is 18.3 Å². The quantitative estimate of drug-likeness (QED) is 0.825. The van der Waals surface area contributed by atoms with E-state index in [0.29, 0.717) is 18.3 Å². The fourth-order valence-corrected chi connectivity index (χ4v) is 2.25. The van der Waals surface area contributed by atoms with Gasteiger partial charge in [0.25, 0.3) is 0 Å². The Labute approximate surface area is 141 Å². The van der Waals surface area contributed by atoms with E-state index in [4.69, 9.17) is 5.73 Å². The summed E-state index contributed by atoms with van der Waals surface area (Å²) in [6.07, 6.45) is 2.33. The lowest BCUT2D eigenvalue weighted by Gasteiger charge is -2.14. The lowest BCUT2D eigenvalue weighted by atomic mass is 10.2. The highest BCUT2D eigenvalue weighted by Gasteiger charge is 2.29. The Morgan fingerprint density at radius 1 is 1.39 bits per heavy atom. The summed E-state index contributed by atoms with van der Waals surface area (Å²) in [7, 11) is 0. The Balaban J connectivity index is 0.00000192. The molecule has 0 spiro atoms. The lowest BCUT2D eigenvalue weighted by Crippen LogP contribution is -2.41. The molecule has 2 atom stereocenters. The second-order valence-corrected chi connectivity index (χ2v) is 5.72. The third kappa shape index (κ3) is 4.27. The Hall–Kier alpha value is -1.99. The average molecular weight is 337 g/mol. The van der Waals surface area contributed by atoms with Crippen molar-refractivity contribution in [3.05, 3.63) is 30.3 Å². The van der Waals surface area contributed by atoms with Gasteiger partial charge in [0.1, 0.15) is 6.04 Å². The predicted molar refractivity (Wildman–Crippen MR) is 88.9 cm³/mol. The van der Waals surface area contributed by atoms with E-state index >= 15 is 0 Å².